The second-order valence-corrected chi connectivity index (χ2v) is 8.04. The van der Waals surface area contributed by atoms with Crippen molar-refractivity contribution < 1.29 is 27.8 Å². The van der Waals surface area contributed by atoms with Crippen LogP contribution in [0.2, 0.25) is 0 Å². The topological polar surface area (TPSA) is 62.1 Å². The molecule has 0 amide bonds. The monoisotopic (exact) mass is 462 g/mol. The SMILES string of the molecule is CCOC(=O)C1=C(O)/C(=C\c2ccc(N(C)C)cc2)SC1=Nc1cccc(C(F)(F)F)c1. The minimum atomic E-state index is -4.52. The fourth-order valence-electron chi connectivity index (χ4n) is 2.88. The minimum Gasteiger partial charge on any atom is -0.506 e. The van der Waals surface area contributed by atoms with Gasteiger partial charge < -0.3 is 14.7 Å². The first-order chi connectivity index (χ1) is 15.1. The second-order valence-electron chi connectivity index (χ2n) is 7.01. The van der Waals surface area contributed by atoms with Crippen molar-refractivity contribution in [1.82, 2.24) is 0 Å². The number of esters is 1. The van der Waals surface area contributed by atoms with Crippen LogP contribution in [0.15, 0.2) is 69.8 Å². The van der Waals surface area contributed by atoms with Crippen LogP contribution in [0.1, 0.15) is 18.1 Å². The summed E-state index contributed by atoms with van der Waals surface area (Å²) in [7, 11) is 3.83. The van der Waals surface area contributed by atoms with Crippen LogP contribution < -0.4 is 4.90 Å². The third-order valence-corrected chi connectivity index (χ3v) is 5.50. The van der Waals surface area contributed by atoms with Crippen molar-refractivity contribution in [2.75, 3.05) is 25.6 Å². The Kier molecular flexibility index (Phi) is 6.98. The van der Waals surface area contributed by atoms with E-state index in [9.17, 15) is 23.1 Å². The number of carbonyl (C=O) groups excluding carboxylic acids is 1. The van der Waals surface area contributed by atoms with Gasteiger partial charge in [0.05, 0.1) is 22.8 Å². The van der Waals surface area contributed by atoms with Crippen molar-refractivity contribution in [3.8, 4) is 0 Å². The molecular formula is C23H21F3N2O3S. The zero-order chi connectivity index (χ0) is 23.5. The summed E-state index contributed by atoms with van der Waals surface area (Å²) in [6.07, 6.45) is -2.85. The van der Waals surface area contributed by atoms with E-state index in [1.165, 1.54) is 12.1 Å². The molecule has 1 N–H and O–H groups in total. The number of nitrogens with zero attached hydrogens (tertiary/aromatic N) is 2. The Morgan fingerprint density at radius 1 is 1.19 bits per heavy atom. The van der Waals surface area contributed by atoms with Gasteiger partial charge in [0.1, 0.15) is 16.4 Å². The molecule has 3 rings (SSSR count). The summed E-state index contributed by atoms with van der Waals surface area (Å²) in [6.45, 7) is 1.69. The number of hydrogen-bond acceptors (Lipinski definition) is 6. The van der Waals surface area contributed by atoms with Crippen LogP contribution in [-0.2, 0) is 15.7 Å². The van der Waals surface area contributed by atoms with E-state index in [0.29, 0.717) is 4.91 Å². The van der Waals surface area contributed by atoms with Crippen LogP contribution >= 0.6 is 11.8 Å². The Bertz CT molecular complexity index is 1100. The highest BCUT2D eigenvalue weighted by Crippen LogP contribution is 2.41. The maximum atomic E-state index is 13.0. The van der Waals surface area contributed by atoms with Crippen molar-refractivity contribution >= 4 is 40.2 Å². The number of ether oxygens (including phenoxy) is 1. The molecule has 9 heteroatoms. The predicted octanol–water partition coefficient (Wildman–Crippen LogP) is 5.96. The molecule has 0 radical (unpaired) electrons. The average Bonchev–Trinajstić information content (AvgIpc) is 3.03. The van der Waals surface area contributed by atoms with Crippen LogP contribution in [-0.4, -0.2) is 36.8 Å². The van der Waals surface area contributed by atoms with Gasteiger partial charge in [-0.15, -0.1) is 0 Å². The Labute approximate surface area is 187 Å². The molecule has 5 nitrogen and oxygen atoms in total. The first kappa shape index (κ1) is 23.5. The summed E-state index contributed by atoms with van der Waals surface area (Å²) in [5.41, 5.74) is 0.738. The Morgan fingerprint density at radius 2 is 1.88 bits per heavy atom. The van der Waals surface area contributed by atoms with Crippen LogP contribution in [0.3, 0.4) is 0 Å². The summed E-state index contributed by atoms with van der Waals surface area (Å²) in [5.74, 6) is -1.12. The van der Waals surface area contributed by atoms with Crippen LogP contribution in [0.4, 0.5) is 24.5 Å². The normalized spacial score (nSPS) is 16.7. The van der Waals surface area contributed by atoms with Gasteiger partial charge in [-0.05, 0) is 48.9 Å². The number of anilines is 1. The van der Waals surface area contributed by atoms with Gasteiger partial charge in [0.15, 0.2) is 0 Å². The molecule has 1 heterocycles. The van der Waals surface area contributed by atoms with Gasteiger partial charge in [0, 0.05) is 19.8 Å². The molecule has 0 atom stereocenters. The molecule has 0 spiro atoms. The number of aliphatic hydroxyl groups excluding tert-OH is 1. The lowest BCUT2D eigenvalue weighted by Gasteiger charge is -2.11. The molecule has 0 saturated heterocycles. The van der Waals surface area contributed by atoms with E-state index in [1.807, 2.05) is 43.3 Å². The first-order valence-corrected chi connectivity index (χ1v) is 10.5. The van der Waals surface area contributed by atoms with Gasteiger partial charge in [0.2, 0.25) is 0 Å². The zero-order valence-corrected chi connectivity index (χ0v) is 18.4. The summed E-state index contributed by atoms with van der Waals surface area (Å²) in [6, 6.07) is 11.9. The summed E-state index contributed by atoms with van der Waals surface area (Å²) >= 11 is 0.989. The number of thioether (sulfide) groups is 1. The van der Waals surface area contributed by atoms with E-state index in [0.717, 1.165) is 35.1 Å². The van der Waals surface area contributed by atoms with E-state index in [1.54, 1.807) is 13.0 Å². The Morgan fingerprint density at radius 3 is 2.47 bits per heavy atom. The van der Waals surface area contributed by atoms with Crippen molar-refractivity contribution in [2.24, 2.45) is 4.99 Å². The van der Waals surface area contributed by atoms with Gasteiger partial charge in [-0.1, -0.05) is 30.0 Å². The summed E-state index contributed by atoms with van der Waals surface area (Å²) < 4.78 is 44.1. The molecule has 2 aromatic rings. The maximum absolute atomic E-state index is 13.0. The molecule has 0 aromatic heterocycles. The van der Waals surface area contributed by atoms with E-state index in [2.05, 4.69) is 4.99 Å². The van der Waals surface area contributed by atoms with Crippen molar-refractivity contribution in [1.29, 1.82) is 0 Å². The molecular weight excluding hydrogens is 441 g/mol. The number of carbonyl (C=O) groups is 1. The molecule has 168 valence electrons. The van der Waals surface area contributed by atoms with E-state index < -0.39 is 17.7 Å². The fraction of sp³-hybridized carbons (Fsp3) is 0.217. The molecule has 0 aliphatic carbocycles. The number of aliphatic imine (C=N–C) groups is 1. The third-order valence-electron chi connectivity index (χ3n) is 4.48. The van der Waals surface area contributed by atoms with Crippen LogP contribution in [0, 0.1) is 0 Å². The van der Waals surface area contributed by atoms with Crippen molar-refractivity contribution in [2.45, 2.75) is 13.1 Å². The number of rotatable bonds is 5. The van der Waals surface area contributed by atoms with Crippen molar-refractivity contribution in [3.05, 3.63) is 75.9 Å². The predicted molar refractivity (Wildman–Crippen MR) is 121 cm³/mol. The van der Waals surface area contributed by atoms with Gasteiger partial charge in [-0.2, -0.15) is 13.2 Å². The van der Waals surface area contributed by atoms with Gasteiger partial charge in [-0.3, -0.25) is 0 Å². The van der Waals surface area contributed by atoms with E-state index >= 15 is 0 Å². The summed E-state index contributed by atoms with van der Waals surface area (Å²) in [5, 5.41) is 10.8. The highest BCUT2D eigenvalue weighted by Gasteiger charge is 2.34. The van der Waals surface area contributed by atoms with Gasteiger partial charge in [-0.25, -0.2) is 9.79 Å². The molecule has 0 unspecified atom stereocenters. The number of aliphatic hydroxyl groups is 1. The zero-order valence-electron chi connectivity index (χ0n) is 17.6. The smallest absolute Gasteiger partial charge is 0.416 e. The highest BCUT2D eigenvalue weighted by molar-refractivity contribution is 8.18. The number of hydrogen-bond donors (Lipinski definition) is 1. The lowest BCUT2D eigenvalue weighted by Crippen LogP contribution is -2.13. The summed E-state index contributed by atoms with van der Waals surface area (Å²) in [4.78, 5) is 18.9. The van der Waals surface area contributed by atoms with Gasteiger partial charge in [0.25, 0.3) is 0 Å². The number of halogens is 3. The number of alkyl halides is 3. The third kappa shape index (κ3) is 5.34. The molecule has 32 heavy (non-hydrogen) atoms. The second kappa shape index (κ2) is 9.52. The first-order valence-electron chi connectivity index (χ1n) is 9.64. The van der Waals surface area contributed by atoms with E-state index in [4.69, 9.17) is 4.74 Å². The minimum absolute atomic E-state index is 0.00788. The van der Waals surface area contributed by atoms with Crippen molar-refractivity contribution in [3.63, 3.8) is 0 Å². The van der Waals surface area contributed by atoms with Crippen LogP contribution in [0.5, 0.6) is 0 Å². The molecule has 1 aliphatic heterocycles. The van der Waals surface area contributed by atoms with Crippen LogP contribution in [0.25, 0.3) is 6.08 Å². The molecule has 0 bridgehead atoms. The fourth-order valence-corrected chi connectivity index (χ4v) is 3.92. The standard InChI is InChI=1S/C23H21F3N2O3S/c1-4-31-22(30)19-20(29)18(12-14-8-10-17(11-9-14)28(2)3)32-21(19)27-16-7-5-6-15(13-16)23(24,25)26/h5-13,29H,4H2,1-3H3/b18-12+,27-21?. The Balaban J connectivity index is 2.02. The maximum Gasteiger partial charge on any atom is 0.416 e. The van der Waals surface area contributed by atoms with E-state index in [-0.39, 0.29) is 28.7 Å². The molecule has 2 aromatic carbocycles. The Hall–Kier alpha value is -3.20. The van der Waals surface area contributed by atoms with Gasteiger partial charge >= 0.3 is 12.1 Å². The molecule has 0 saturated carbocycles. The number of benzene rings is 2. The quantitative estimate of drug-likeness (QED) is 0.555. The molecule has 0 fully saturated rings. The lowest BCUT2D eigenvalue weighted by molar-refractivity contribution is -0.138. The molecule has 1 aliphatic rings. The lowest BCUT2D eigenvalue weighted by atomic mass is 10.1. The largest absolute Gasteiger partial charge is 0.506 e. The average molecular weight is 462 g/mol. The highest BCUT2D eigenvalue weighted by atomic mass is 32.2.